The Balaban J connectivity index is 1.76. The van der Waals surface area contributed by atoms with E-state index < -0.39 is 0 Å². The van der Waals surface area contributed by atoms with Crippen LogP contribution in [0.2, 0.25) is 0 Å². The van der Waals surface area contributed by atoms with Gasteiger partial charge in [0.15, 0.2) is 0 Å². The van der Waals surface area contributed by atoms with Gasteiger partial charge in [-0.2, -0.15) is 9.36 Å². The quantitative estimate of drug-likeness (QED) is 0.784. The number of ether oxygens (including phenoxy) is 1. The van der Waals surface area contributed by atoms with E-state index in [1.807, 2.05) is 0 Å². The number of hydrogen-bond donors (Lipinski definition) is 2. The molecule has 0 spiro atoms. The zero-order valence-corrected chi connectivity index (χ0v) is 8.72. The van der Waals surface area contributed by atoms with Crippen molar-refractivity contribution in [3.63, 3.8) is 0 Å². The molecule has 14 heavy (non-hydrogen) atoms. The van der Waals surface area contributed by atoms with E-state index in [1.54, 1.807) is 0 Å². The van der Waals surface area contributed by atoms with Gasteiger partial charge in [0.2, 0.25) is 11.1 Å². The standard InChI is InChI=1S/C8H14N4OS/c9-7-11-8(14-12-7)10-5-6-1-3-13-4-2-6/h6H,1-5H2,(H3,9,10,11,12). The lowest BCUT2D eigenvalue weighted by Crippen LogP contribution is -2.22. The van der Waals surface area contributed by atoms with Crippen LogP contribution in [0.4, 0.5) is 11.1 Å². The normalized spacial score (nSPS) is 18.3. The van der Waals surface area contributed by atoms with Crippen LogP contribution in [-0.4, -0.2) is 29.1 Å². The number of nitrogens with zero attached hydrogens (tertiary/aromatic N) is 2. The maximum atomic E-state index is 5.42. The van der Waals surface area contributed by atoms with Crippen molar-refractivity contribution < 1.29 is 4.74 Å². The molecule has 3 N–H and O–H groups in total. The lowest BCUT2D eigenvalue weighted by molar-refractivity contribution is 0.0699. The van der Waals surface area contributed by atoms with Crippen molar-refractivity contribution in [2.75, 3.05) is 30.8 Å². The van der Waals surface area contributed by atoms with Crippen molar-refractivity contribution in [3.05, 3.63) is 0 Å². The van der Waals surface area contributed by atoms with E-state index in [0.717, 1.165) is 37.7 Å². The second kappa shape index (κ2) is 4.56. The van der Waals surface area contributed by atoms with Crippen molar-refractivity contribution in [1.29, 1.82) is 0 Å². The van der Waals surface area contributed by atoms with Crippen LogP contribution in [0.5, 0.6) is 0 Å². The summed E-state index contributed by atoms with van der Waals surface area (Å²) in [5.74, 6) is 1.04. The van der Waals surface area contributed by atoms with Crippen LogP contribution in [0.3, 0.4) is 0 Å². The third kappa shape index (κ3) is 2.55. The first kappa shape index (κ1) is 9.67. The lowest BCUT2D eigenvalue weighted by atomic mass is 10.0. The Morgan fingerprint density at radius 2 is 2.29 bits per heavy atom. The fraction of sp³-hybridized carbons (Fsp3) is 0.750. The smallest absolute Gasteiger partial charge is 0.233 e. The topological polar surface area (TPSA) is 73.1 Å². The highest BCUT2D eigenvalue weighted by molar-refractivity contribution is 7.09. The van der Waals surface area contributed by atoms with Crippen molar-refractivity contribution >= 4 is 22.6 Å². The summed E-state index contributed by atoms with van der Waals surface area (Å²) in [5, 5.41) is 4.06. The molecule has 0 amide bonds. The molecule has 1 aliphatic rings. The number of nitrogen functional groups attached to an aromatic ring is 1. The minimum Gasteiger partial charge on any atom is -0.381 e. The number of hydrogen-bond acceptors (Lipinski definition) is 6. The Labute approximate surface area is 86.8 Å². The number of rotatable bonds is 3. The molecule has 1 fully saturated rings. The minimum atomic E-state index is 0.351. The van der Waals surface area contributed by atoms with Gasteiger partial charge in [-0.3, -0.25) is 0 Å². The zero-order chi connectivity index (χ0) is 9.80. The van der Waals surface area contributed by atoms with Crippen LogP contribution < -0.4 is 11.1 Å². The summed E-state index contributed by atoms with van der Waals surface area (Å²) in [6.45, 7) is 2.70. The predicted molar refractivity (Wildman–Crippen MR) is 56.4 cm³/mol. The molecule has 0 saturated carbocycles. The van der Waals surface area contributed by atoms with Crippen LogP contribution in [-0.2, 0) is 4.74 Å². The second-order valence-electron chi connectivity index (χ2n) is 3.39. The Hall–Kier alpha value is -0.880. The Kier molecular flexibility index (Phi) is 3.15. The molecule has 1 aromatic heterocycles. The molecule has 5 nitrogen and oxygen atoms in total. The molecule has 78 valence electrons. The third-order valence-corrected chi connectivity index (χ3v) is 3.01. The molecule has 1 saturated heterocycles. The van der Waals surface area contributed by atoms with Gasteiger partial charge in [-0.25, -0.2) is 0 Å². The maximum Gasteiger partial charge on any atom is 0.233 e. The van der Waals surface area contributed by atoms with Crippen LogP contribution in [0.15, 0.2) is 0 Å². The summed E-state index contributed by atoms with van der Waals surface area (Å²) in [6, 6.07) is 0. The number of nitrogens with two attached hydrogens (primary N) is 1. The largest absolute Gasteiger partial charge is 0.381 e. The van der Waals surface area contributed by atoms with Gasteiger partial charge in [0.05, 0.1) is 0 Å². The molecular weight excluding hydrogens is 200 g/mol. The predicted octanol–water partition coefficient (Wildman–Crippen LogP) is 0.959. The van der Waals surface area contributed by atoms with Crippen LogP contribution >= 0.6 is 11.5 Å². The third-order valence-electron chi connectivity index (χ3n) is 2.32. The van der Waals surface area contributed by atoms with E-state index in [4.69, 9.17) is 10.5 Å². The van der Waals surface area contributed by atoms with E-state index in [2.05, 4.69) is 14.7 Å². The number of nitrogens with one attached hydrogen (secondary N) is 1. The second-order valence-corrected chi connectivity index (χ2v) is 4.15. The van der Waals surface area contributed by atoms with Gasteiger partial charge in [0.25, 0.3) is 0 Å². The van der Waals surface area contributed by atoms with Crippen LogP contribution in [0, 0.1) is 5.92 Å². The number of anilines is 2. The SMILES string of the molecule is Nc1nsc(NCC2CCOCC2)n1. The lowest BCUT2D eigenvalue weighted by Gasteiger charge is -2.21. The first-order valence-corrected chi connectivity index (χ1v) is 5.53. The highest BCUT2D eigenvalue weighted by Crippen LogP contribution is 2.17. The van der Waals surface area contributed by atoms with Gasteiger partial charge in [0.1, 0.15) is 0 Å². The van der Waals surface area contributed by atoms with Crippen LogP contribution in [0.1, 0.15) is 12.8 Å². The zero-order valence-electron chi connectivity index (χ0n) is 7.90. The fourth-order valence-electron chi connectivity index (χ4n) is 1.49. The van der Waals surface area contributed by atoms with Crippen LogP contribution in [0.25, 0.3) is 0 Å². The fourth-order valence-corrected chi connectivity index (χ4v) is 1.99. The summed E-state index contributed by atoms with van der Waals surface area (Å²) in [7, 11) is 0. The van der Waals surface area contributed by atoms with Gasteiger partial charge < -0.3 is 15.8 Å². The van der Waals surface area contributed by atoms with Crippen molar-refractivity contribution in [1.82, 2.24) is 9.36 Å². The molecule has 0 aliphatic carbocycles. The van der Waals surface area contributed by atoms with Crippen molar-refractivity contribution in [2.24, 2.45) is 5.92 Å². The number of aromatic nitrogens is 2. The summed E-state index contributed by atoms with van der Waals surface area (Å²) >= 11 is 1.31. The van der Waals surface area contributed by atoms with Gasteiger partial charge in [0, 0.05) is 31.3 Å². The summed E-state index contributed by atoms with van der Waals surface area (Å²) in [5.41, 5.74) is 5.42. The molecule has 0 atom stereocenters. The average molecular weight is 214 g/mol. The van der Waals surface area contributed by atoms with E-state index >= 15 is 0 Å². The molecule has 2 rings (SSSR count). The summed E-state index contributed by atoms with van der Waals surface area (Å²) < 4.78 is 9.18. The highest BCUT2D eigenvalue weighted by atomic mass is 32.1. The van der Waals surface area contributed by atoms with E-state index in [9.17, 15) is 0 Å². The molecular formula is C8H14N4OS. The maximum absolute atomic E-state index is 5.42. The Morgan fingerprint density at radius 3 is 2.93 bits per heavy atom. The van der Waals surface area contributed by atoms with Crippen molar-refractivity contribution in [3.8, 4) is 0 Å². The van der Waals surface area contributed by atoms with Gasteiger partial charge in [-0.1, -0.05) is 0 Å². The highest BCUT2D eigenvalue weighted by Gasteiger charge is 2.13. The molecule has 0 unspecified atom stereocenters. The van der Waals surface area contributed by atoms with E-state index in [0.29, 0.717) is 11.9 Å². The van der Waals surface area contributed by atoms with Gasteiger partial charge in [-0.05, 0) is 18.8 Å². The average Bonchev–Trinajstić information content (AvgIpc) is 2.63. The molecule has 1 aromatic rings. The van der Waals surface area contributed by atoms with Gasteiger partial charge in [-0.15, -0.1) is 0 Å². The van der Waals surface area contributed by atoms with E-state index in [1.165, 1.54) is 11.5 Å². The molecule has 1 aliphatic heterocycles. The Bertz CT molecular complexity index is 285. The van der Waals surface area contributed by atoms with E-state index in [-0.39, 0.29) is 0 Å². The molecule has 0 aromatic carbocycles. The molecule has 2 heterocycles. The van der Waals surface area contributed by atoms with Gasteiger partial charge >= 0.3 is 0 Å². The monoisotopic (exact) mass is 214 g/mol. The summed E-state index contributed by atoms with van der Waals surface area (Å²) in [6.07, 6.45) is 2.25. The molecule has 0 radical (unpaired) electrons. The minimum absolute atomic E-state index is 0.351. The molecule has 6 heteroatoms. The summed E-state index contributed by atoms with van der Waals surface area (Å²) in [4.78, 5) is 4.04. The molecule has 0 bridgehead atoms. The first-order chi connectivity index (χ1) is 6.84. The van der Waals surface area contributed by atoms with Crippen molar-refractivity contribution in [2.45, 2.75) is 12.8 Å². The Morgan fingerprint density at radius 1 is 1.50 bits per heavy atom. The first-order valence-electron chi connectivity index (χ1n) is 4.75.